The second-order valence-electron chi connectivity index (χ2n) is 4.19. The van der Waals surface area contributed by atoms with Crippen molar-refractivity contribution in [1.29, 1.82) is 0 Å². The van der Waals surface area contributed by atoms with Gasteiger partial charge in [0.1, 0.15) is 0 Å². The topological polar surface area (TPSA) is 33.6 Å². The van der Waals surface area contributed by atoms with Crippen molar-refractivity contribution in [2.75, 3.05) is 11.5 Å². The van der Waals surface area contributed by atoms with Crippen molar-refractivity contribution in [3.63, 3.8) is 0 Å². The molecule has 5 heteroatoms. The number of hydrogen-bond acceptors (Lipinski definition) is 3. The molecule has 3 nitrogen and oxygen atoms in total. The molecular formula is C12H17N3S2. The van der Waals surface area contributed by atoms with Crippen LogP contribution in [0, 0.1) is 11.7 Å². The third kappa shape index (κ3) is 2.55. The molecule has 0 saturated heterocycles. The summed E-state index contributed by atoms with van der Waals surface area (Å²) in [4.78, 5) is 7.72. The first-order chi connectivity index (χ1) is 8.13. The van der Waals surface area contributed by atoms with Crippen LogP contribution in [0.5, 0.6) is 0 Å². The van der Waals surface area contributed by atoms with E-state index in [-0.39, 0.29) is 0 Å². The van der Waals surface area contributed by atoms with E-state index in [0.29, 0.717) is 6.04 Å². The molecule has 0 radical (unpaired) electrons. The highest BCUT2D eigenvalue weighted by atomic mass is 32.2. The summed E-state index contributed by atoms with van der Waals surface area (Å²) in [5, 5.41) is 0. The molecule has 0 aliphatic rings. The van der Waals surface area contributed by atoms with E-state index in [9.17, 15) is 0 Å². The molecule has 0 aromatic carbocycles. The molecule has 0 amide bonds. The lowest BCUT2D eigenvalue weighted by atomic mass is 10.3. The van der Waals surface area contributed by atoms with E-state index in [1.807, 2.05) is 24.9 Å². The van der Waals surface area contributed by atoms with E-state index in [1.165, 1.54) is 0 Å². The summed E-state index contributed by atoms with van der Waals surface area (Å²) < 4.78 is 2.88. The summed E-state index contributed by atoms with van der Waals surface area (Å²) in [5.74, 6) is 2.19. The SMILES string of the molecule is CCSCC(C)n1c(=S)[nH]c2cc(C)cnc21. The minimum atomic E-state index is 0.372. The highest BCUT2D eigenvalue weighted by molar-refractivity contribution is 7.99. The summed E-state index contributed by atoms with van der Waals surface area (Å²) in [7, 11) is 0. The average molecular weight is 267 g/mol. The Balaban J connectivity index is 2.46. The Morgan fingerprint density at radius 3 is 3.06 bits per heavy atom. The number of pyridine rings is 1. The summed E-state index contributed by atoms with van der Waals surface area (Å²) in [6, 6.07) is 2.46. The van der Waals surface area contributed by atoms with Gasteiger partial charge in [-0.2, -0.15) is 11.8 Å². The van der Waals surface area contributed by atoms with E-state index < -0.39 is 0 Å². The first-order valence-corrected chi connectivity index (χ1v) is 7.34. The second kappa shape index (κ2) is 5.23. The standard InChI is InChI=1S/C12H17N3S2/c1-4-17-7-9(3)15-11-10(14-12(15)16)5-8(2)6-13-11/h5-6,9H,4,7H2,1-3H3,(H,14,16). The van der Waals surface area contributed by atoms with Gasteiger partial charge < -0.3 is 4.98 Å². The maximum Gasteiger partial charge on any atom is 0.179 e. The van der Waals surface area contributed by atoms with E-state index in [1.54, 1.807) is 0 Å². The molecule has 0 aliphatic heterocycles. The molecule has 0 fully saturated rings. The van der Waals surface area contributed by atoms with Gasteiger partial charge in [0.2, 0.25) is 0 Å². The largest absolute Gasteiger partial charge is 0.329 e. The van der Waals surface area contributed by atoms with Crippen LogP contribution in [0.1, 0.15) is 25.5 Å². The smallest absolute Gasteiger partial charge is 0.179 e. The maximum atomic E-state index is 5.38. The summed E-state index contributed by atoms with van der Waals surface area (Å²) >= 11 is 7.31. The van der Waals surface area contributed by atoms with Gasteiger partial charge in [0, 0.05) is 18.0 Å². The van der Waals surface area contributed by atoms with Gasteiger partial charge in [0.05, 0.1) is 5.52 Å². The van der Waals surface area contributed by atoms with Gasteiger partial charge in [-0.3, -0.25) is 4.57 Å². The molecule has 17 heavy (non-hydrogen) atoms. The summed E-state index contributed by atoms with van der Waals surface area (Å²) in [6.45, 7) is 6.40. The number of imidazole rings is 1. The van der Waals surface area contributed by atoms with E-state index in [4.69, 9.17) is 12.2 Å². The van der Waals surface area contributed by atoms with Crippen LogP contribution in [0.15, 0.2) is 12.3 Å². The number of nitrogens with zero attached hydrogens (tertiary/aromatic N) is 2. The quantitative estimate of drug-likeness (QED) is 0.857. The third-order valence-corrected chi connectivity index (χ3v) is 4.12. The Labute approximate surface area is 111 Å². The number of thioether (sulfide) groups is 1. The number of fused-ring (bicyclic) bond motifs is 1. The zero-order chi connectivity index (χ0) is 12.4. The van der Waals surface area contributed by atoms with Crippen molar-refractivity contribution < 1.29 is 0 Å². The fourth-order valence-electron chi connectivity index (χ4n) is 1.89. The molecule has 0 bridgehead atoms. The van der Waals surface area contributed by atoms with Gasteiger partial charge in [0.25, 0.3) is 0 Å². The van der Waals surface area contributed by atoms with Crippen molar-refractivity contribution in [2.24, 2.45) is 0 Å². The van der Waals surface area contributed by atoms with Gasteiger partial charge in [-0.05, 0) is 43.4 Å². The number of hydrogen-bond donors (Lipinski definition) is 1. The van der Waals surface area contributed by atoms with Gasteiger partial charge in [0.15, 0.2) is 10.4 Å². The number of rotatable bonds is 4. The molecule has 0 spiro atoms. The maximum absolute atomic E-state index is 5.38. The van der Waals surface area contributed by atoms with E-state index >= 15 is 0 Å². The Bertz CT molecular complexity index is 571. The Morgan fingerprint density at radius 1 is 1.59 bits per heavy atom. The van der Waals surface area contributed by atoms with Gasteiger partial charge in [-0.15, -0.1) is 0 Å². The van der Waals surface area contributed by atoms with Crippen molar-refractivity contribution in [2.45, 2.75) is 26.8 Å². The zero-order valence-electron chi connectivity index (χ0n) is 10.4. The van der Waals surface area contributed by atoms with Crippen LogP contribution >= 0.6 is 24.0 Å². The lowest BCUT2D eigenvalue weighted by molar-refractivity contribution is 0.614. The summed E-state index contributed by atoms with van der Waals surface area (Å²) in [6.07, 6.45) is 1.89. The van der Waals surface area contributed by atoms with Crippen LogP contribution in [0.25, 0.3) is 11.2 Å². The van der Waals surface area contributed by atoms with Crippen molar-refractivity contribution >= 4 is 35.1 Å². The Morgan fingerprint density at radius 2 is 2.35 bits per heavy atom. The highest BCUT2D eigenvalue weighted by Gasteiger charge is 2.11. The van der Waals surface area contributed by atoms with Gasteiger partial charge in [-0.1, -0.05) is 6.92 Å². The molecule has 0 aliphatic carbocycles. The molecule has 1 unspecified atom stereocenters. The van der Waals surface area contributed by atoms with Crippen LogP contribution < -0.4 is 0 Å². The minimum Gasteiger partial charge on any atom is -0.329 e. The fraction of sp³-hybridized carbons (Fsp3) is 0.500. The predicted octanol–water partition coefficient (Wildman–Crippen LogP) is 3.72. The number of H-pyrrole nitrogens is 1. The van der Waals surface area contributed by atoms with E-state index in [0.717, 1.165) is 33.0 Å². The van der Waals surface area contributed by atoms with Crippen LogP contribution in [-0.2, 0) is 0 Å². The molecule has 0 saturated carbocycles. The zero-order valence-corrected chi connectivity index (χ0v) is 12.0. The monoisotopic (exact) mass is 267 g/mol. The van der Waals surface area contributed by atoms with Crippen molar-refractivity contribution in [3.05, 3.63) is 22.6 Å². The lowest BCUT2D eigenvalue weighted by Gasteiger charge is -2.12. The Kier molecular flexibility index (Phi) is 3.89. The van der Waals surface area contributed by atoms with Crippen molar-refractivity contribution in [3.8, 4) is 0 Å². The number of nitrogens with one attached hydrogen (secondary N) is 1. The van der Waals surface area contributed by atoms with E-state index in [2.05, 4.69) is 34.4 Å². The average Bonchev–Trinajstić information content (AvgIpc) is 2.61. The molecule has 1 atom stereocenters. The molecule has 2 aromatic heterocycles. The molecule has 92 valence electrons. The van der Waals surface area contributed by atoms with Crippen LogP contribution in [-0.4, -0.2) is 26.0 Å². The number of aromatic amines is 1. The molecule has 2 rings (SSSR count). The number of aryl methyl sites for hydroxylation is 1. The normalized spacial score (nSPS) is 13.1. The Hall–Kier alpha value is -0.810. The van der Waals surface area contributed by atoms with Crippen LogP contribution in [0.3, 0.4) is 0 Å². The molecule has 2 aromatic rings. The van der Waals surface area contributed by atoms with Crippen LogP contribution in [0.2, 0.25) is 0 Å². The predicted molar refractivity (Wildman–Crippen MR) is 77.4 cm³/mol. The highest BCUT2D eigenvalue weighted by Crippen LogP contribution is 2.20. The van der Waals surface area contributed by atoms with Gasteiger partial charge in [-0.25, -0.2) is 4.98 Å². The molecule has 1 N–H and O–H groups in total. The van der Waals surface area contributed by atoms with Crippen LogP contribution in [0.4, 0.5) is 0 Å². The third-order valence-electron chi connectivity index (χ3n) is 2.70. The lowest BCUT2D eigenvalue weighted by Crippen LogP contribution is -2.08. The first kappa shape index (κ1) is 12.6. The fourth-order valence-corrected chi connectivity index (χ4v) is 2.99. The number of aromatic nitrogens is 3. The molecule has 2 heterocycles. The second-order valence-corrected chi connectivity index (χ2v) is 5.90. The summed E-state index contributed by atoms with van der Waals surface area (Å²) in [5.41, 5.74) is 3.14. The molecular weight excluding hydrogens is 250 g/mol. The minimum absolute atomic E-state index is 0.372. The van der Waals surface area contributed by atoms with Crippen molar-refractivity contribution in [1.82, 2.24) is 14.5 Å². The first-order valence-electron chi connectivity index (χ1n) is 5.78. The van der Waals surface area contributed by atoms with Gasteiger partial charge >= 0.3 is 0 Å².